The zero-order valence-corrected chi connectivity index (χ0v) is 23.8. The number of nitrogens with zero attached hydrogens (tertiary/aromatic N) is 2. The van der Waals surface area contributed by atoms with Crippen LogP contribution in [0.2, 0.25) is 0 Å². The van der Waals surface area contributed by atoms with Gasteiger partial charge in [0.25, 0.3) is 5.91 Å². The number of aromatic nitrogens is 2. The third kappa shape index (κ3) is 5.96. The number of aliphatic carboxylic acids is 1. The van der Waals surface area contributed by atoms with Crippen molar-refractivity contribution in [2.75, 3.05) is 12.9 Å². The molecule has 1 unspecified atom stereocenters. The van der Waals surface area contributed by atoms with Crippen LogP contribution in [0.1, 0.15) is 34.0 Å². The van der Waals surface area contributed by atoms with Gasteiger partial charge in [0.05, 0.1) is 36.6 Å². The van der Waals surface area contributed by atoms with Gasteiger partial charge in [0, 0.05) is 17.0 Å². The number of thioether (sulfide) groups is 1. The maximum Gasteiger partial charge on any atom is 0.329 e. The summed E-state index contributed by atoms with van der Waals surface area (Å²) in [7, 11) is 0. The van der Waals surface area contributed by atoms with Gasteiger partial charge in [-0.2, -0.15) is 0 Å². The van der Waals surface area contributed by atoms with Crippen LogP contribution in [0, 0.1) is 0 Å². The Morgan fingerprint density at radius 2 is 1.67 bits per heavy atom. The normalized spacial score (nSPS) is 12.8. The summed E-state index contributed by atoms with van der Waals surface area (Å²) >= 11 is 1.56. The van der Waals surface area contributed by atoms with Gasteiger partial charge in [0.1, 0.15) is 6.10 Å². The molecule has 0 aliphatic rings. The topological polar surface area (TPSA) is 134 Å². The van der Waals surface area contributed by atoms with Crippen molar-refractivity contribution in [3.8, 4) is 0 Å². The van der Waals surface area contributed by atoms with E-state index < -0.39 is 30.6 Å². The number of hydrogen-bond donors (Lipinski definition) is 4. The largest absolute Gasteiger partial charge is 0.481 e. The van der Waals surface area contributed by atoms with Gasteiger partial charge in [-0.1, -0.05) is 54.6 Å². The number of amides is 1. The molecule has 0 bridgehead atoms. The summed E-state index contributed by atoms with van der Waals surface area (Å²) in [5, 5.41) is 34.9. The molecule has 5 rings (SSSR count). The number of benzene rings is 4. The van der Waals surface area contributed by atoms with Gasteiger partial charge in [0.15, 0.2) is 0 Å². The molecule has 4 aromatic carbocycles. The van der Waals surface area contributed by atoms with E-state index in [0.717, 1.165) is 21.2 Å². The molecule has 5 aromatic rings. The Kier molecular flexibility index (Phi) is 8.77. The van der Waals surface area contributed by atoms with Crippen LogP contribution in [0.25, 0.3) is 21.8 Å². The second kappa shape index (κ2) is 12.6. The molecule has 0 aliphatic carbocycles. The maximum absolute atomic E-state index is 13.6. The Balaban J connectivity index is 1.48. The first-order valence-electron chi connectivity index (χ1n) is 13.5. The number of hydrogen-bond acceptors (Lipinski definition) is 6. The average Bonchev–Trinajstić information content (AvgIpc) is 3.27. The number of aliphatic hydroxyl groups excluding tert-OH is 2. The van der Waals surface area contributed by atoms with Crippen molar-refractivity contribution in [2.24, 2.45) is 0 Å². The van der Waals surface area contributed by atoms with Crippen molar-refractivity contribution in [3.05, 3.63) is 112 Å². The van der Waals surface area contributed by atoms with Gasteiger partial charge in [-0.05, 0) is 58.5 Å². The third-order valence-corrected chi connectivity index (χ3v) is 8.13. The number of fused-ring (bicyclic) bond motifs is 2. The van der Waals surface area contributed by atoms with Crippen LogP contribution in [-0.2, 0) is 17.9 Å². The number of carboxylic acids is 1. The summed E-state index contributed by atoms with van der Waals surface area (Å²) in [5.41, 5.74) is 2.28. The second-order valence-corrected chi connectivity index (χ2v) is 10.9. The number of carbonyl (C=O) groups excluding carboxylic acids is 1. The van der Waals surface area contributed by atoms with Crippen molar-refractivity contribution >= 4 is 45.4 Å². The van der Waals surface area contributed by atoms with Gasteiger partial charge in [-0.25, -0.2) is 4.79 Å². The van der Waals surface area contributed by atoms with E-state index in [1.54, 1.807) is 46.7 Å². The molecule has 0 aliphatic heterocycles. The standard InChI is InChI=1S/C32H31N3O6S/c1-42-24-12-9-21(10-13-24)30(39)26(19-36)33-31(40)22-11-14-27-28(17-22)34(16-15-29(37)38)32(41)35(27)18-23-7-4-6-20-5-2-3-8-25(20)23/h2-14,17,26,30,36,39H,15-16,18-19H2,1H3,(H,33,40)(H,37,38)/t26?,30-/m0/s1. The molecule has 0 saturated heterocycles. The molecule has 0 radical (unpaired) electrons. The number of rotatable bonds is 11. The van der Waals surface area contributed by atoms with Crippen LogP contribution in [0.3, 0.4) is 0 Å². The van der Waals surface area contributed by atoms with Crippen molar-refractivity contribution in [2.45, 2.75) is 36.6 Å². The van der Waals surface area contributed by atoms with E-state index in [4.69, 9.17) is 0 Å². The second-order valence-electron chi connectivity index (χ2n) is 9.99. The molecule has 1 aromatic heterocycles. The summed E-state index contributed by atoms with van der Waals surface area (Å²) in [4.78, 5) is 39.3. The summed E-state index contributed by atoms with van der Waals surface area (Å²) in [6.07, 6.45) is 0.532. The molecule has 0 saturated carbocycles. The van der Waals surface area contributed by atoms with Gasteiger partial charge < -0.3 is 20.6 Å². The molecular formula is C32H31N3O6S. The lowest BCUT2D eigenvalue weighted by Crippen LogP contribution is -2.42. The molecule has 0 spiro atoms. The molecule has 4 N–H and O–H groups in total. The van der Waals surface area contributed by atoms with E-state index in [0.29, 0.717) is 16.6 Å². The summed E-state index contributed by atoms with van der Waals surface area (Å²) in [6.45, 7) is -0.303. The SMILES string of the molecule is CSc1ccc([C@H](O)C(CO)NC(=O)c2ccc3c(c2)n(CCC(=O)O)c(=O)n3Cc2cccc3ccccc23)cc1. The first kappa shape index (κ1) is 29.1. The minimum atomic E-state index is -1.14. The maximum atomic E-state index is 13.6. The number of imidazole rings is 1. The smallest absolute Gasteiger partial charge is 0.329 e. The van der Waals surface area contributed by atoms with Crippen LogP contribution in [0.4, 0.5) is 0 Å². The highest BCUT2D eigenvalue weighted by molar-refractivity contribution is 7.98. The zero-order valence-electron chi connectivity index (χ0n) is 22.9. The molecule has 1 amide bonds. The van der Waals surface area contributed by atoms with E-state index in [1.807, 2.05) is 60.9 Å². The van der Waals surface area contributed by atoms with Crippen molar-refractivity contribution in [3.63, 3.8) is 0 Å². The summed E-state index contributed by atoms with van der Waals surface area (Å²) in [5.74, 6) is -1.59. The molecule has 1 heterocycles. The Bertz CT molecular complexity index is 1810. The third-order valence-electron chi connectivity index (χ3n) is 7.39. The van der Waals surface area contributed by atoms with E-state index in [2.05, 4.69) is 5.32 Å². The van der Waals surface area contributed by atoms with Crippen LogP contribution >= 0.6 is 11.8 Å². The lowest BCUT2D eigenvalue weighted by molar-refractivity contribution is -0.137. The predicted molar refractivity (Wildman–Crippen MR) is 163 cm³/mol. The van der Waals surface area contributed by atoms with Crippen molar-refractivity contribution < 1.29 is 24.9 Å². The fourth-order valence-electron chi connectivity index (χ4n) is 5.15. The van der Waals surface area contributed by atoms with Gasteiger partial charge in [-0.3, -0.25) is 18.7 Å². The first-order valence-corrected chi connectivity index (χ1v) is 14.7. The van der Waals surface area contributed by atoms with E-state index >= 15 is 0 Å². The minimum Gasteiger partial charge on any atom is -0.481 e. The predicted octanol–water partition coefficient (Wildman–Crippen LogP) is 4.03. The van der Waals surface area contributed by atoms with Gasteiger partial charge in [0.2, 0.25) is 0 Å². The first-order chi connectivity index (χ1) is 20.3. The van der Waals surface area contributed by atoms with Crippen LogP contribution < -0.4 is 11.0 Å². The Hall–Kier alpha value is -4.38. The molecule has 216 valence electrons. The molecule has 2 atom stereocenters. The molecule has 42 heavy (non-hydrogen) atoms. The molecule has 10 heteroatoms. The van der Waals surface area contributed by atoms with E-state index in [1.165, 1.54) is 4.57 Å². The monoisotopic (exact) mass is 585 g/mol. The number of carboxylic acid groups (broad SMARTS) is 1. The number of aryl methyl sites for hydroxylation is 1. The zero-order chi connectivity index (χ0) is 29.8. The summed E-state index contributed by atoms with van der Waals surface area (Å²) in [6, 6.07) is 24.8. The molecule has 0 fully saturated rings. The van der Waals surface area contributed by atoms with Crippen LogP contribution in [-0.4, -0.2) is 55.2 Å². The summed E-state index contributed by atoms with van der Waals surface area (Å²) < 4.78 is 2.95. The number of nitrogens with one attached hydrogen (secondary N) is 1. The minimum absolute atomic E-state index is 0.0672. The quantitative estimate of drug-likeness (QED) is 0.172. The highest BCUT2D eigenvalue weighted by Crippen LogP contribution is 2.24. The van der Waals surface area contributed by atoms with Gasteiger partial charge in [-0.15, -0.1) is 11.8 Å². The lowest BCUT2D eigenvalue weighted by atomic mass is 10.0. The lowest BCUT2D eigenvalue weighted by Gasteiger charge is -2.23. The van der Waals surface area contributed by atoms with Crippen LogP contribution in [0.15, 0.2) is 94.6 Å². The van der Waals surface area contributed by atoms with Crippen molar-refractivity contribution in [1.82, 2.24) is 14.5 Å². The average molecular weight is 586 g/mol. The Labute approximate surface area is 246 Å². The number of carbonyl (C=O) groups is 2. The van der Waals surface area contributed by atoms with E-state index in [9.17, 15) is 29.7 Å². The Morgan fingerprint density at radius 1 is 0.929 bits per heavy atom. The fraction of sp³-hybridized carbons (Fsp3) is 0.219. The number of aliphatic hydroxyl groups is 2. The Morgan fingerprint density at radius 3 is 2.38 bits per heavy atom. The highest BCUT2D eigenvalue weighted by Gasteiger charge is 2.24. The van der Waals surface area contributed by atoms with Crippen LogP contribution in [0.5, 0.6) is 0 Å². The van der Waals surface area contributed by atoms with Gasteiger partial charge >= 0.3 is 11.7 Å². The highest BCUT2D eigenvalue weighted by atomic mass is 32.2. The fourth-order valence-corrected chi connectivity index (χ4v) is 5.56. The van der Waals surface area contributed by atoms with Crippen molar-refractivity contribution in [1.29, 1.82) is 0 Å². The molecular weight excluding hydrogens is 554 g/mol. The molecule has 9 nitrogen and oxygen atoms in total. The van der Waals surface area contributed by atoms with E-state index in [-0.39, 0.29) is 30.8 Å².